The van der Waals surface area contributed by atoms with Crippen LogP contribution in [0.4, 0.5) is 4.39 Å². The molecule has 0 spiro atoms. The van der Waals surface area contributed by atoms with Crippen LogP contribution in [0.2, 0.25) is 5.02 Å². The third kappa shape index (κ3) is 3.70. The lowest BCUT2D eigenvalue weighted by atomic mass is 10.0. The van der Waals surface area contributed by atoms with Crippen molar-refractivity contribution in [2.75, 3.05) is 6.61 Å². The van der Waals surface area contributed by atoms with E-state index >= 15 is 0 Å². The fourth-order valence-electron chi connectivity index (χ4n) is 2.57. The molecule has 1 N–H and O–H groups in total. The maximum Gasteiger partial charge on any atom is 0.327 e. The Morgan fingerprint density at radius 2 is 2.20 bits per heavy atom. The maximum absolute atomic E-state index is 13.1. The second kappa shape index (κ2) is 7.04. The minimum Gasteiger partial charge on any atom is -0.465 e. The number of ether oxygens (including phenoxy) is 1. The van der Waals surface area contributed by atoms with E-state index in [0.717, 1.165) is 25.7 Å². The highest BCUT2D eigenvalue weighted by molar-refractivity contribution is 6.31. The summed E-state index contributed by atoms with van der Waals surface area (Å²) in [5, 5.41) is 3.54. The van der Waals surface area contributed by atoms with Gasteiger partial charge in [-0.25, -0.2) is 9.18 Å². The first-order valence-electron chi connectivity index (χ1n) is 6.99. The van der Waals surface area contributed by atoms with Crippen molar-refractivity contribution < 1.29 is 13.9 Å². The van der Waals surface area contributed by atoms with E-state index in [1.165, 1.54) is 12.1 Å². The van der Waals surface area contributed by atoms with E-state index in [9.17, 15) is 9.18 Å². The number of rotatable bonds is 5. The topological polar surface area (TPSA) is 38.3 Å². The average Bonchev–Trinajstić information content (AvgIpc) is 2.90. The van der Waals surface area contributed by atoms with E-state index in [1.807, 2.05) is 0 Å². The molecule has 1 fully saturated rings. The Morgan fingerprint density at radius 3 is 2.80 bits per heavy atom. The van der Waals surface area contributed by atoms with Crippen molar-refractivity contribution in [3.63, 3.8) is 0 Å². The molecule has 20 heavy (non-hydrogen) atoms. The number of hydrogen-bond acceptors (Lipinski definition) is 3. The zero-order valence-corrected chi connectivity index (χ0v) is 12.3. The molecule has 110 valence electrons. The molecule has 1 aliphatic rings. The molecule has 5 heteroatoms. The van der Waals surface area contributed by atoms with Gasteiger partial charge in [0.1, 0.15) is 11.9 Å². The third-order valence-electron chi connectivity index (χ3n) is 3.55. The van der Waals surface area contributed by atoms with Gasteiger partial charge in [0.25, 0.3) is 0 Å². The van der Waals surface area contributed by atoms with Gasteiger partial charge >= 0.3 is 5.97 Å². The number of hydrogen-bond donors (Lipinski definition) is 1. The Morgan fingerprint density at radius 1 is 1.50 bits per heavy atom. The van der Waals surface area contributed by atoms with Gasteiger partial charge < -0.3 is 4.74 Å². The smallest absolute Gasteiger partial charge is 0.327 e. The summed E-state index contributed by atoms with van der Waals surface area (Å²) in [6.45, 7) is 2.07. The van der Waals surface area contributed by atoms with Crippen molar-refractivity contribution in [3.8, 4) is 0 Å². The molecule has 0 bridgehead atoms. The van der Waals surface area contributed by atoms with Crippen molar-refractivity contribution in [2.24, 2.45) is 0 Å². The summed E-state index contributed by atoms with van der Waals surface area (Å²) in [5.74, 6) is -0.782. The molecule has 0 amide bonds. The predicted octanol–water partition coefficient (Wildman–Crippen LogP) is 3.62. The highest BCUT2D eigenvalue weighted by Crippen LogP contribution is 2.28. The molecule has 0 heterocycles. The SMILES string of the molecule is CCOC(=O)C(NC1CCCC1)c1ccc(F)cc1Cl. The maximum atomic E-state index is 13.1. The van der Waals surface area contributed by atoms with Gasteiger partial charge in [0, 0.05) is 11.1 Å². The number of carbonyl (C=O) groups excluding carboxylic acids is 1. The number of benzene rings is 1. The quantitative estimate of drug-likeness (QED) is 0.844. The molecule has 1 unspecified atom stereocenters. The highest BCUT2D eigenvalue weighted by Gasteiger charge is 2.28. The lowest BCUT2D eigenvalue weighted by molar-refractivity contribution is -0.146. The van der Waals surface area contributed by atoms with E-state index < -0.39 is 11.9 Å². The van der Waals surface area contributed by atoms with Crippen LogP contribution in [0.3, 0.4) is 0 Å². The molecular weight excluding hydrogens is 281 g/mol. The van der Waals surface area contributed by atoms with Gasteiger partial charge in [-0.15, -0.1) is 0 Å². The van der Waals surface area contributed by atoms with Crippen molar-refractivity contribution >= 4 is 17.6 Å². The van der Waals surface area contributed by atoms with Crippen LogP contribution in [0.15, 0.2) is 18.2 Å². The molecule has 2 rings (SSSR count). The normalized spacial score (nSPS) is 17.1. The van der Waals surface area contributed by atoms with Crippen LogP contribution in [0.25, 0.3) is 0 Å². The Balaban J connectivity index is 2.22. The molecule has 0 aromatic heterocycles. The molecule has 1 saturated carbocycles. The number of carbonyl (C=O) groups is 1. The van der Waals surface area contributed by atoms with E-state index in [1.54, 1.807) is 13.0 Å². The highest BCUT2D eigenvalue weighted by atomic mass is 35.5. The van der Waals surface area contributed by atoms with Gasteiger partial charge in [-0.2, -0.15) is 0 Å². The number of nitrogens with one attached hydrogen (secondary N) is 1. The lowest BCUT2D eigenvalue weighted by Gasteiger charge is -2.22. The molecule has 0 saturated heterocycles. The van der Waals surface area contributed by atoms with E-state index in [-0.39, 0.29) is 17.0 Å². The zero-order valence-electron chi connectivity index (χ0n) is 11.5. The molecule has 0 radical (unpaired) electrons. The predicted molar refractivity (Wildman–Crippen MR) is 76.2 cm³/mol. The lowest BCUT2D eigenvalue weighted by Crippen LogP contribution is -2.36. The summed E-state index contributed by atoms with van der Waals surface area (Å²) in [6.07, 6.45) is 4.39. The van der Waals surface area contributed by atoms with Crippen molar-refractivity contribution in [2.45, 2.75) is 44.7 Å². The molecule has 1 atom stereocenters. The van der Waals surface area contributed by atoms with Gasteiger partial charge in [0.2, 0.25) is 0 Å². The molecular formula is C15H19ClFNO2. The minimum atomic E-state index is -0.633. The summed E-state index contributed by atoms with van der Waals surface area (Å²) in [5.41, 5.74) is 0.568. The largest absolute Gasteiger partial charge is 0.465 e. The van der Waals surface area contributed by atoms with Crippen molar-refractivity contribution in [1.82, 2.24) is 5.32 Å². The number of esters is 1. The molecule has 1 aromatic carbocycles. The van der Waals surface area contributed by atoms with Crippen LogP contribution in [0, 0.1) is 5.82 Å². The second-order valence-corrected chi connectivity index (χ2v) is 5.41. The van der Waals surface area contributed by atoms with Crippen molar-refractivity contribution in [1.29, 1.82) is 0 Å². The Bertz CT molecular complexity index is 475. The average molecular weight is 300 g/mol. The third-order valence-corrected chi connectivity index (χ3v) is 3.88. The van der Waals surface area contributed by atoms with E-state index in [2.05, 4.69) is 5.32 Å². The summed E-state index contributed by atoms with van der Waals surface area (Å²) in [6, 6.07) is 3.72. The first kappa shape index (κ1) is 15.3. The second-order valence-electron chi connectivity index (χ2n) is 5.00. The Labute approximate surface area is 123 Å². The van der Waals surface area contributed by atoms with Crippen LogP contribution < -0.4 is 5.32 Å². The summed E-state index contributed by atoms with van der Waals surface area (Å²) in [4.78, 5) is 12.1. The van der Waals surface area contributed by atoms with Crippen molar-refractivity contribution in [3.05, 3.63) is 34.6 Å². The molecule has 0 aliphatic heterocycles. The summed E-state index contributed by atoms with van der Waals surface area (Å²) >= 11 is 6.07. The first-order valence-corrected chi connectivity index (χ1v) is 7.37. The van der Waals surface area contributed by atoms with Gasteiger partial charge in [0.15, 0.2) is 0 Å². The molecule has 3 nitrogen and oxygen atoms in total. The van der Waals surface area contributed by atoms with Crippen LogP contribution in [0.5, 0.6) is 0 Å². The van der Waals surface area contributed by atoms with Crippen LogP contribution in [-0.2, 0) is 9.53 Å². The van der Waals surface area contributed by atoms with Gasteiger partial charge in [-0.1, -0.05) is 30.5 Å². The zero-order chi connectivity index (χ0) is 14.5. The van der Waals surface area contributed by atoms with Gasteiger partial charge in [-0.3, -0.25) is 5.32 Å². The fourth-order valence-corrected chi connectivity index (χ4v) is 2.85. The Kier molecular flexibility index (Phi) is 5.38. The van der Waals surface area contributed by atoms with Crippen LogP contribution >= 0.6 is 11.6 Å². The number of halogens is 2. The Hall–Kier alpha value is -1.13. The summed E-state index contributed by atoms with van der Waals surface area (Å²) in [7, 11) is 0. The van der Waals surface area contributed by atoms with Gasteiger partial charge in [-0.05, 0) is 37.5 Å². The minimum absolute atomic E-state index is 0.244. The summed E-state index contributed by atoms with van der Waals surface area (Å²) < 4.78 is 18.2. The van der Waals surface area contributed by atoms with Gasteiger partial charge in [0.05, 0.1) is 6.61 Å². The van der Waals surface area contributed by atoms with Crippen LogP contribution in [-0.4, -0.2) is 18.6 Å². The van der Waals surface area contributed by atoms with E-state index in [0.29, 0.717) is 12.2 Å². The standard InChI is InChI=1S/C15H19ClFNO2/c1-2-20-15(19)14(18-11-5-3-4-6-11)12-8-7-10(17)9-13(12)16/h7-9,11,14,18H,2-6H2,1H3. The first-order chi connectivity index (χ1) is 9.61. The fraction of sp³-hybridized carbons (Fsp3) is 0.533. The molecule has 1 aromatic rings. The molecule has 1 aliphatic carbocycles. The monoisotopic (exact) mass is 299 g/mol. The van der Waals surface area contributed by atoms with E-state index in [4.69, 9.17) is 16.3 Å². The van der Waals surface area contributed by atoms with Crippen LogP contribution in [0.1, 0.15) is 44.2 Å².